The summed E-state index contributed by atoms with van der Waals surface area (Å²) in [6.07, 6.45) is 0. The molecule has 0 atom stereocenters. The fourth-order valence-corrected chi connectivity index (χ4v) is 1.79. The molecule has 0 unspecified atom stereocenters. The average Bonchev–Trinajstić information content (AvgIpc) is 2.18. The molecule has 2 rings (SSSR count). The maximum atomic E-state index is 5.89. The van der Waals surface area contributed by atoms with Gasteiger partial charge in [0, 0.05) is 0 Å². The molecule has 2 aromatic carbocycles. The molecule has 2 N–H and O–H groups in total. The predicted molar refractivity (Wildman–Crippen MR) is 55.9 cm³/mol. The van der Waals surface area contributed by atoms with E-state index in [1.807, 2.05) is 36.4 Å². The van der Waals surface area contributed by atoms with Crippen LogP contribution in [0.1, 0.15) is 0 Å². The van der Waals surface area contributed by atoms with Crippen molar-refractivity contribution in [1.29, 1.82) is 0 Å². The molecule has 0 heterocycles. The molecule has 0 aromatic heterocycles. The Bertz CT molecular complexity index is 452. The first kappa shape index (κ1) is 9.46. The van der Waals surface area contributed by atoms with Crippen molar-refractivity contribution in [2.45, 2.75) is 0 Å². The van der Waals surface area contributed by atoms with E-state index in [0.29, 0.717) is 0 Å². The number of hydrogen-bond acceptors (Lipinski definition) is 1. The van der Waals surface area contributed by atoms with Gasteiger partial charge in [0.15, 0.2) is 0 Å². The van der Waals surface area contributed by atoms with E-state index in [1.165, 1.54) is 0 Å². The molecule has 72 valence electrons. The van der Waals surface area contributed by atoms with Crippen molar-refractivity contribution in [2.75, 3.05) is 5.73 Å². The fourth-order valence-electron chi connectivity index (χ4n) is 1.40. The monoisotopic (exact) mass is 274 g/mol. The second-order valence-corrected chi connectivity index (χ2v) is 3.96. The number of anilines is 1. The third kappa shape index (κ3) is 1.87. The van der Waals surface area contributed by atoms with Gasteiger partial charge in [-0.25, -0.2) is 0 Å². The zero-order chi connectivity index (χ0) is 9.97. The first-order valence-corrected chi connectivity index (χ1v) is 5.12. The molecule has 0 aliphatic heterocycles. The van der Waals surface area contributed by atoms with Crippen molar-refractivity contribution in [1.82, 2.24) is 0 Å². The van der Waals surface area contributed by atoms with Crippen molar-refractivity contribution in [3.63, 3.8) is 0 Å². The Morgan fingerprint density at radius 2 is 1.71 bits per heavy atom. The molecule has 2 aromatic rings. The van der Waals surface area contributed by atoms with Crippen molar-refractivity contribution >= 4 is 9.72 Å². The summed E-state index contributed by atoms with van der Waals surface area (Å²) in [5.41, 5.74) is 8.93. The van der Waals surface area contributed by atoms with Gasteiger partial charge in [0.05, 0.1) is 0 Å². The number of rotatable bonds is 1. The summed E-state index contributed by atoms with van der Waals surface area (Å²) in [6, 6.07) is 16.1. The van der Waals surface area contributed by atoms with E-state index in [-0.39, 0.29) is 0 Å². The Labute approximate surface area is 94.4 Å². The van der Waals surface area contributed by atoms with Crippen LogP contribution in [0.5, 0.6) is 0 Å². The maximum absolute atomic E-state index is 5.89. The summed E-state index contributed by atoms with van der Waals surface area (Å²) >= 11 is 3.17. The molecule has 0 bridgehead atoms. The van der Waals surface area contributed by atoms with Crippen LogP contribution in [0.3, 0.4) is 0 Å². The average molecular weight is 275 g/mol. The zero-order valence-corrected chi connectivity index (χ0v) is 9.07. The number of hydrogen-bond donors (Lipinski definition) is 1. The van der Waals surface area contributed by atoms with E-state index in [0.717, 1.165) is 20.9 Å². The van der Waals surface area contributed by atoms with Gasteiger partial charge in [-0.3, -0.25) is 0 Å². The number of nitrogen functional groups attached to an aromatic ring is 1. The Hall–Kier alpha value is -1.10. The van der Waals surface area contributed by atoms with Crippen molar-refractivity contribution in [3.8, 4) is 11.1 Å². The van der Waals surface area contributed by atoms with Gasteiger partial charge in [-0.2, -0.15) is 0 Å². The zero-order valence-electron chi connectivity index (χ0n) is 7.51. The van der Waals surface area contributed by atoms with Gasteiger partial charge in [-0.05, 0) is 0 Å². The molecule has 0 spiro atoms. The second-order valence-electron chi connectivity index (χ2n) is 3.06. The molecule has 0 amide bonds. The Morgan fingerprint density at radius 3 is 2.43 bits per heavy atom. The van der Waals surface area contributed by atoms with Crippen LogP contribution < -0.4 is 9.77 Å². The molecular weight excluding hydrogens is 265 g/mol. The van der Waals surface area contributed by atoms with Crippen molar-refractivity contribution < 1.29 is 19.2 Å². The number of benzene rings is 2. The molecule has 0 radical (unpaired) electrons. The number of nitrogens with two attached hydrogens (primary N) is 1. The first-order valence-electron chi connectivity index (χ1n) is 4.35. The quantitative estimate of drug-likeness (QED) is 0.626. The van der Waals surface area contributed by atoms with Crippen LogP contribution in [-0.2, 0) is 19.2 Å². The van der Waals surface area contributed by atoms with Gasteiger partial charge in [0.25, 0.3) is 0 Å². The standard InChI is InChI=1S/C12H10N.Pd/c13-12-9-5-4-8-11(12)10-6-2-1-3-7-10;/h1-2,4-9H,13H2;/q;+1. The topological polar surface area (TPSA) is 26.0 Å². The van der Waals surface area contributed by atoms with Crippen LogP contribution in [-0.4, -0.2) is 0 Å². The molecule has 1 nitrogen and oxygen atoms in total. The molecule has 0 saturated heterocycles. The Kier molecular flexibility index (Phi) is 2.67. The minimum atomic E-state index is 0.815. The number of para-hydroxylation sites is 1. The summed E-state index contributed by atoms with van der Waals surface area (Å²) < 4.78 is 1.11. The van der Waals surface area contributed by atoms with Gasteiger partial charge in [0.2, 0.25) is 0 Å². The molecule has 0 aliphatic rings. The third-order valence-electron chi connectivity index (χ3n) is 2.08. The van der Waals surface area contributed by atoms with E-state index < -0.39 is 0 Å². The summed E-state index contributed by atoms with van der Waals surface area (Å²) in [7, 11) is 0. The van der Waals surface area contributed by atoms with Crippen LogP contribution in [0.2, 0.25) is 0 Å². The van der Waals surface area contributed by atoms with Gasteiger partial charge in [-0.1, -0.05) is 0 Å². The van der Waals surface area contributed by atoms with Crippen LogP contribution in [0, 0.1) is 0 Å². The summed E-state index contributed by atoms with van der Waals surface area (Å²) in [5.74, 6) is 0. The SMILES string of the molecule is Nc1ccccc1-c1ccc[c]([Pd+])c1. The van der Waals surface area contributed by atoms with Gasteiger partial charge in [-0.15, -0.1) is 0 Å². The molecule has 0 saturated carbocycles. The van der Waals surface area contributed by atoms with E-state index in [4.69, 9.17) is 5.73 Å². The van der Waals surface area contributed by atoms with Gasteiger partial charge >= 0.3 is 94.3 Å². The molecular formula is C12H10NPd+. The Balaban J connectivity index is 2.55. The first-order chi connectivity index (χ1) is 6.77. The van der Waals surface area contributed by atoms with Crippen LogP contribution in [0.15, 0.2) is 48.5 Å². The summed E-state index contributed by atoms with van der Waals surface area (Å²) in [5, 5.41) is 0. The molecule has 14 heavy (non-hydrogen) atoms. The minimum absolute atomic E-state index is 0.815. The van der Waals surface area contributed by atoms with E-state index in [2.05, 4.69) is 31.3 Å². The summed E-state index contributed by atoms with van der Waals surface area (Å²) in [4.78, 5) is 0. The van der Waals surface area contributed by atoms with E-state index in [9.17, 15) is 0 Å². The third-order valence-corrected chi connectivity index (χ3v) is 2.56. The molecule has 0 aliphatic carbocycles. The predicted octanol–water partition coefficient (Wildman–Crippen LogP) is 2.11. The van der Waals surface area contributed by atoms with E-state index >= 15 is 0 Å². The van der Waals surface area contributed by atoms with Crippen molar-refractivity contribution in [3.05, 3.63) is 48.5 Å². The van der Waals surface area contributed by atoms with Crippen molar-refractivity contribution in [2.24, 2.45) is 0 Å². The van der Waals surface area contributed by atoms with Crippen LogP contribution in [0.25, 0.3) is 11.1 Å². The summed E-state index contributed by atoms with van der Waals surface area (Å²) in [6.45, 7) is 0. The normalized spacial score (nSPS) is 10.1. The van der Waals surface area contributed by atoms with Gasteiger partial charge in [0.1, 0.15) is 0 Å². The molecule has 2 heteroatoms. The van der Waals surface area contributed by atoms with Gasteiger partial charge < -0.3 is 0 Å². The van der Waals surface area contributed by atoms with E-state index in [1.54, 1.807) is 0 Å². The molecule has 0 fully saturated rings. The van der Waals surface area contributed by atoms with Crippen LogP contribution >= 0.6 is 0 Å². The van der Waals surface area contributed by atoms with Crippen LogP contribution in [0.4, 0.5) is 5.69 Å². The fraction of sp³-hybridized carbons (Fsp3) is 0. The second kappa shape index (κ2) is 3.96. The Morgan fingerprint density at radius 1 is 0.929 bits per heavy atom.